The van der Waals surface area contributed by atoms with Crippen molar-refractivity contribution in [3.63, 3.8) is 0 Å². The average molecular weight is 207 g/mol. The molecule has 0 radical (unpaired) electrons. The lowest BCUT2D eigenvalue weighted by Gasteiger charge is -2.08. The quantitative estimate of drug-likeness (QED) is 0.452. The molecule has 1 unspecified atom stereocenters. The van der Waals surface area contributed by atoms with E-state index in [1.54, 1.807) is 0 Å². The van der Waals surface area contributed by atoms with Crippen LogP contribution < -0.4 is 0 Å². The van der Waals surface area contributed by atoms with Gasteiger partial charge in [0, 0.05) is 12.3 Å². The maximum atomic E-state index is 4.50. The first kappa shape index (κ1) is 14.2. The van der Waals surface area contributed by atoms with Crippen molar-refractivity contribution < 1.29 is 0 Å². The zero-order valence-electron chi connectivity index (χ0n) is 10.9. The lowest BCUT2D eigenvalue weighted by Crippen LogP contribution is -1.98. The van der Waals surface area contributed by atoms with Crippen molar-refractivity contribution >= 4 is 5.71 Å². The third-order valence-electron chi connectivity index (χ3n) is 2.73. The van der Waals surface area contributed by atoms with Gasteiger partial charge in [0.25, 0.3) is 0 Å². The van der Waals surface area contributed by atoms with Gasteiger partial charge in [-0.2, -0.15) is 0 Å². The molecule has 0 saturated carbocycles. The first-order valence-corrected chi connectivity index (χ1v) is 5.81. The topological polar surface area (TPSA) is 12.4 Å². The van der Waals surface area contributed by atoms with Crippen LogP contribution in [0.1, 0.15) is 47.5 Å². The van der Waals surface area contributed by atoms with Crippen molar-refractivity contribution in [3.8, 4) is 0 Å². The number of nitrogens with zero attached hydrogens (tertiary/aromatic N) is 1. The van der Waals surface area contributed by atoms with Crippen LogP contribution in [0.4, 0.5) is 0 Å². The van der Waals surface area contributed by atoms with Gasteiger partial charge >= 0.3 is 0 Å². The van der Waals surface area contributed by atoms with Crippen molar-refractivity contribution in [2.45, 2.75) is 47.5 Å². The molecule has 0 spiro atoms. The van der Waals surface area contributed by atoms with Gasteiger partial charge in [-0.25, -0.2) is 0 Å². The summed E-state index contributed by atoms with van der Waals surface area (Å²) in [7, 11) is 0. The molecule has 0 heterocycles. The fourth-order valence-electron chi connectivity index (χ4n) is 1.26. The Morgan fingerprint density at radius 3 is 2.40 bits per heavy atom. The molecular formula is C14H25N. The van der Waals surface area contributed by atoms with Crippen LogP contribution in [0.15, 0.2) is 28.8 Å². The van der Waals surface area contributed by atoms with E-state index in [1.807, 2.05) is 6.92 Å². The number of hydrogen-bond donors (Lipinski definition) is 0. The van der Waals surface area contributed by atoms with Crippen LogP contribution in [0.2, 0.25) is 0 Å². The van der Waals surface area contributed by atoms with Gasteiger partial charge in [0.15, 0.2) is 0 Å². The average Bonchev–Trinajstić information content (AvgIpc) is 2.15. The Labute approximate surface area is 95.0 Å². The van der Waals surface area contributed by atoms with Crippen LogP contribution >= 0.6 is 0 Å². The second-order valence-corrected chi connectivity index (χ2v) is 4.43. The molecule has 0 aliphatic carbocycles. The molecule has 1 atom stereocenters. The van der Waals surface area contributed by atoms with E-state index in [2.05, 4.69) is 45.3 Å². The molecular weight excluding hydrogens is 182 g/mol. The highest BCUT2D eigenvalue weighted by Gasteiger charge is 2.00. The monoisotopic (exact) mass is 207 g/mol. The van der Waals surface area contributed by atoms with E-state index >= 15 is 0 Å². The third-order valence-corrected chi connectivity index (χ3v) is 2.73. The van der Waals surface area contributed by atoms with Crippen molar-refractivity contribution in [2.75, 3.05) is 6.54 Å². The van der Waals surface area contributed by atoms with Crippen molar-refractivity contribution in [3.05, 3.63) is 23.8 Å². The smallest absolute Gasteiger partial charge is 0.0429 e. The van der Waals surface area contributed by atoms with Gasteiger partial charge in [-0.1, -0.05) is 25.0 Å². The van der Waals surface area contributed by atoms with Crippen molar-refractivity contribution in [1.82, 2.24) is 0 Å². The SMILES string of the molecule is C=C(C)CCN=C(C)/C=C(/C)C(C)CC. The van der Waals surface area contributed by atoms with Crippen LogP contribution in [0.5, 0.6) is 0 Å². The lowest BCUT2D eigenvalue weighted by molar-refractivity contribution is 0.656. The Bertz CT molecular complexity index is 259. The molecule has 15 heavy (non-hydrogen) atoms. The van der Waals surface area contributed by atoms with Gasteiger partial charge in [-0.3, -0.25) is 4.99 Å². The Balaban J connectivity index is 4.20. The van der Waals surface area contributed by atoms with Gasteiger partial charge in [0.1, 0.15) is 0 Å². The summed E-state index contributed by atoms with van der Waals surface area (Å²) in [5.74, 6) is 0.663. The minimum absolute atomic E-state index is 0.663. The van der Waals surface area contributed by atoms with E-state index < -0.39 is 0 Å². The highest BCUT2D eigenvalue weighted by atomic mass is 14.7. The fourth-order valence-corrected chi connectivity index (χ4v) is 1.26. The lowest BCUT2D eigenvalue weighted by atomic mass is 9.99. The van der Waals surface area contributed by atoms with Crippen LogP contribution in [0.25, 0.3) is 0 Å². The standard InChI is InChI=1S/C14H25N/c1-7-12(4)13(5)10-14(6)15-9-8-11(2)3/h10,12H,2,7-9H2,1,3-6H3/b13-10-,15-14?. The molecule has 0 N–H and O–H groups in total. The molecule has 0 aromatic heterocycles. The summed E-state index contributed by atoms with van der Waals surface area (Å²) in [5, 5.41) is 0. The Hall–Kier alpha value is -0.850. The summed E-state index contributed by atoms with van der Waals surface area (Å²) < 4.78 is 0. The van der Waals surface area contributed by atoms with E-state index in [4.69, 9.17) is 0 Å². The molecule has 0 aliphatic rings. The first-order valence-electron chi connectivity index (χ1n) is 5.81. The molecule has 1 heteroatoms. The van der Waals surface area contributed by atoms with Crippen LogP contribution in [0, 0.1) is 5.92 Å². The molecule has 86 valence electrons. The summed E-state index contributed by atoms with van der Waals surface area (Å²) >= 11 is 0. The van der Waals surface area contributed by atoms with Gasteiger partial charge in [0.05, 0.1) is 0 Å². The fraction of sp³-hybridized carbons (Fsp3) is 0.643. The molecule has 1 nitrogen and oxygen atoms in total. The van der Waals surface area contributed by atoms with Gasteiger partial charge in [-0.05, 0) is 45.6 Å². The van der Waals surface area contributed by atoms with Crippen LogP contribution in [-0.2, 0) is 0 Å². The van der Waals surface area contributed by atoms with E-state index in [1.165, 1.54) is 17.6 Å². The highest BCUT2D eigenvalue weighted by molar-refractivity contribution is 5.93. The molecule has 0 aromatic rings. The summed E-state index contributed by atoms with van der Waals surface area (Å²) in [6.45, 7) is 15.5. The van der Waals surface area contributed by atoms with E-state index in [0.29, 0.717) is 5.92 Å². The number of hydrogen-bond acceptors (Lipinski definition) is 1. The molecule has 0 bridgehead atoms. The van der Waals surface area contributed by atoms with Gasteiger partial charge < -0.3 is 0 Å². The number of aliphatic imine (C=N–C) groups is 1. The first-order chi connectivity index (χ1) is 6.97. The second kappa shape index (κ2) is 7.44. The molecule has 0 aromatic carbocycles. The van der Waals surface area contributed by atoms with Gasteiger partial charge in [0.2, 0.25) is 0 Å². The number of rotatable bonds is 6. The second-order valence-electron chi connectivity index (χ2n) is 4.43. The Kier molecular flexibility index (Phi) is 7.02. The maximum absolute atomic E-state index is 4.50. The number of allylic oxidation sites excluding steroid dienone is 2. The molecule has 0 rings (SSSR count). The zero-order chi connectivity index (χ0) is 11.8. The minimum Gasteiger partial charge on any atom is -0.290 e. The predicted molar refractivity (Wildman–Crippen MR) is 70.6 cm³/mol. The highest BCUT2D eigenvalue weighted by Crippen LogP contribution is 2.13. The predicted octanol–water partition coefficient (Wildman–Crippen LogP) is 4.41. The summed E-state index contributed by atoms with van der Waals surface area (Å²) in [4.78, 5) is 4.50. The van der Waals surface area contributed by atoms with Gasteiger partial charge in [-0.15, -0.1) is 6.58 Å². The van der Waals surface area contributed by atoms with Crippen molar-refractivity contribution in [2.24, 2.45) is 10.9 Å². The van der Waals surface area contributed by atoms with Crippen molar-refractivity contribution in [1.29, 1.82) is 0 Å². The van der Waals surface area contributed by atoms with E-state index in [0.717, 1.165) is 18.7 Å². The van der Waals surface area contributed by atoms with Crippen LogP contribution in [0.3, 0.4) is 0 Å². The maximum Gasteiger partial charge on any atom is 0.0429 e. The summed E-state index contributed by atoms with van der Waals surface area (Å²) in [6, 6.07) is 0. The largest absolute Gasteiger partial charge is 0.290 e. The minimum atomic E-state index is 0.663. The molecule has 0 fully saturated rings. The Morgan fingerprint density at radius 1 is 1.33 bits per heavy atom. The van der Waals surface area contributed by atoms with Crippen LogP contribution in [-0.4, -0.2) is 12.3 Å². The Morgan fingerprint density at radius 2 is 1.93 bits per heavy atom. The zero-order valence-corrected chi connectivity index (χ0v) is 10.9. The summed E-state index contributed by atoms with van der Waals surface area (Å²) in [5.41, 5.74) is 3.76. The molecule has 0 saturated heterocycles. The normalized spacial score (nSPS) is 15.3. The van der Waals surface area contributed by atoms with E-state index in [-0.39, 0.29) is 0 Å². The van der Waals surface area contributed by atoms with E-state index in [9.17, 15) is 0 Å². The molecule has 0 amide bonds. The summed E-state index contributed by atoms with van der Waals surface area (Å²) in [6.07, 6.45) is 4.39. The third kappa shape index (κ3) is 7.12. The molecule has 0 aliphatic heterocycles.